The van der Waals surface area contributed by atoms with Gasteiger partial charge in [0.05, 0.1) is 12.6 Å². The molecule has 2 aromatic carbocycles. The van der Waals surface area contributed by atoms with Crippen molar-refractivity contribution in [2.24, 2.45) is 0 Å². The first kappa shape index (κ1) is 23.5. The predicted octanol–water partition coefficient (Wildman–Crippen LogP) is 2.57. The number of nitrogens with one attached hydrogen (secondary N) is 1. The van der Waals surface area contributed by atoms with Gasteiger partial charge in [0.15, 0.2) is 0 Å². The molecule has 0 unspecified atom stereocenters. The second-order valence-corrected chi connectivity index (χ2v) is 8.01. The van der Waals surface area contributed by atoms with E-state index in [0.717, 1.165) is 16.7 Å². The van der Waals surface area contributed by atoms with Gasteiger partial charge in [0, 0.05) is 13.0 Å². The minimum absolute atomic E-state index is 0.228. The van der Waals surface area contributed by atoms with Gasteiger partial charge >= 0.3 is 11.9 Å². The number of aryl methyl sites for hydroxylation is 1. The van der Waals surface area contributed by atoms with Crippen molar-refractivity contribution in [2.75, 3.05) is 6.61 Å². The monoisotopic (exact) mass is 438 g/mol. The summed E-state index contributed by atoms with van der Waals surface area (Å²) in [7, 11) is 0. The SMILES string of the molecule is CCOC(=O)[C@H](CCc1ccccc1)N[C@@H](C)C(=O)N1Cc2ccccc2C[C@@H]1C(=O)O. The van der Waals surface area contributed by atoms with Crippen LogP contribution in [-0.4, -0.2) is 52.6 Å². The summed E-state index contributed by atoms with van der Waals surface area (Å²) in [4.78, 5) is 39.1. The average Bonchev–Trinajstić information content (AvgIpc) is 2.80. The molecule has 0 saturated carbocycles. The number of carbonyl (C=O) groups excluding carboxylic acids is 2. The number of carboxylic acids is 1. The van der Waals surface area contributed by atoms with E-state index < -0.39 is 30.1 Å². The van der Waals surface area contributed by atoms with Crippen LogP contribution in [0.5, 0.6) is 0 Å². The van der Waals surface area contributed by atoms with Crippen molar-refractivity contribution in [3.8, 4) is 0 Å². The average molecular weight is 439 g/mol. The van der Waals surface area contributed by atoms with Gasteiger partial charge in [-0.15, -0.1) is 0 Å². The number of rotatable bonds is 9. The Morgan fingerprint density at radius 1 is 1.09 bits per heavy atom. The van der Waals surface area contributed by atoms with E-state index in [4.69, 9.17) is 4.74 Å². The summed E-state index contributed by atoms with van der Waals surface area (Å²) in [6.07, 6.45) is 1.37. The molecule has 32 heavy (non-hydrogen) atoms. The maximum absolute atomic E-state index is 13.3. The summed E-state index contributed by atoms with van der Waals surface area (Å²) < 4.78 is 5.20. The van der Waals surface area contributed by atoms with Crippen LogP contribution in [0.4, 0.5) is 0 Å². The zero-order valence-electron chi connectivity index (χ0n) is 18.5. The number of carboxylic acid groups (broad SMARTS) is 1. The Labute approximate surface area is 188 Å². The Kier molecular flexibility index (Phi) is 8.00. The molecule has 7 heteroatoms. The number of fused-ring (bicyclic) bond motifs is 1. The van der Waals surface area contributed by atoms with E-state index in [2.05, 4.69) is 5.32 Å². The van der Waals surface area contributed by atoms with Crippen molar-refractivity contribution in [1.29, 1.82) is 0 Å². The zero-order valence-corrected chi connectivity index (χ0v) is 18.5. The van der Waals surface area contributed by atoms with Crippen LogP contribution >= 0.6 is 0 Å². The number of aliphatic carboxylic acids is 1. The number of benzene rings is 2. The third-order valence-corrected chi connectivity index (χ3v) is 5.77. The summed E-state index contributed by atoms with van der Waals surface area (Å²) in [5.74, 6) is -1.80. The maximum atomic E-state index is 13.3. The van der Waals surface area contributed by atoms with E-state index in [1.165, 1.54) is 4.90 Å². The van der Waals surface area contributed by atoms with E-state index >= 15 is 0 Å². The van der Waals surface area contributed by atoms with Crippen molar-refractivity contribution >= 4 is 17.8 Å². The molecule has 0 fully saturated rings. The number of nitrogens with zero attached hydrogens (tertiary/aromatic N) is 1. The Morgan fingerprint density at radius 3 is 2.41 bits per heavy atom. The number of esters is 1. The molecule has 0 spiro atoms. The number of amides is 1. The maximum Gasteiger partial charge on any atom is 0.326 e. The number of hydrogen-bond acceptors (Lipinski definition) is 5. The molecule has 1 aliphatic heterocycles. The zero-order chi connectivity index (χ0) is 23.1. The Bertz CT molecular complexity index is 946. The number of carbonyl (C=O) groups is 3. The van der Waals surface area contributed by atoms with E-state index in [1.807, 2.05) is 54.6 Å². The Balaban J connectivity index is 1.72. The summed E-state index contributed by atoms with van der Waals surface area (Å²) in [6, 6.07) is 15.0. The number of hydrogen-bond donors (Lipinski definition) is 2. The highest BCUT2D eigenvalue weighted by atomic mass is 16.5. The lowest BCUT2D eigenvalue weighted by atomic mass is 9.93. The van der Waals surface area contributed by atoms with E-state index in [9.17, 15) is 19.5 Å². The first-order chi connectivity index (χ1) is 15.4. The molecule has 1 aliphatic rings. The lowest BCUT2D eigenvalue weighted by molar-refractivity contribution is -0.153. The minimum atomic E-state index is -1.04. The molecule has 1 amide bonds. The topological polar surface area (TPSA) is 95.9 Å². The van der Waals surface area contributed by atoms with E-state index in [0.29, 0.717) is 12.8 Å². The van der Waals surface area contributed by atoms with Crippen LogP contribution in [0.2, 0.25) is 0 Å². The van der Waals surface area contributed by atoms with Crippen LogP contribution < -0.4 is 5.32 Å². The molecular formula is C25H30N2O5. The van der Waals surface area contributed by atoms with E-state index in [1.54, 1.807) is 13.8 Å². The fourth-order valence-electron chi connectivity index (χ4n) is 4.06. The lowest BCUT2D eigenvalue weighted by Gasteiger charge is -2.36. The molecule has 0 aromatic heterocycles. The largest absolute Gasteiger partial charge is 0.480 e. The van der Waals surface area contributed by atoms with Crippen molar-refractivity contribution in [3.05, 3.63) is 71.3 Å². The van der Waals surface area contributed by atoms with Gasteiger partial charge in [0.1, 0.15) is 12.1 Å². The van der Waals surface area contributed by atoms with Gasteiger partial charge in [-0.3, -0.25) is 14.9 Å². The molecule has 0 bridgehead atoms. The third-order valence-electron chi connectivity index (χ3n) is 5.77. The molecule has 7 nitrogen and oxygen atoms in total. The second-order valence-electron chi connectivity index (χ2n) is 8.01. The molecule has 0 saturated heterocycles. The predicted molar refractivity (Wildman–Crippen MR) is 120 cm³/mol. The van der Waals surface area contributed by atoms with Crippen molar-refractivity contribution in [1.82, 2.24) is 10.2 Å². The first-order valence-electron chi connectivity index (χ1n) is 11.0. The van der Waals surface area contributed by atoms with Crippen LogP contribution in [0, 0.1) is 0 Å². The summed E-state index contributed by atoms with van der Waals surface area (Å²) in [6.45, 7) is 3.88. The smallest absolute Gasteiger partial charge is 0.326 e. The van der Waals surface area contributed by atoms with Gasteiger partial charge < -0.3 is 14.7 Å². The molecule has 3 rings (SSSR count). The normalized spacial score (nSPS) is 17.2. The highest BCUT2D eigenvalue weighted by Gasteiger charge is 2.37. The van der Waals surface area contributed by atoms with Crippen LogP contribution in [-0.2, 0) is 38.5 Å². The van der Waals surface area contributed by atoms with Crippen molar-refractivity contribution in [2.45, 2.75) is 57.8 Å². The second kappa shape index (κ2) is 10.9. The minimum Gasteiger partial charge on any atom is -0.480 e. The summed E-state index contributed by atoms with van der Waals surface area (Å²) in [5, 5.41) is 12.8. The quantitative estimate of drug-likeness (QED) is 0.584. The Hall–Kier alpha value is -3.19. The standard InChI is InChI=1S/C25H30N2O5/c1-3-32-25(31)21(14-13-18-9-5-4-6-10-18)26-17(2)23(28)27-16-20-12-8-7-11-19(20)15-22(27)24(29)30/h4-12,17,21-22,26H,3,13-16H2,1-2H3,(H,29,30)/t17-,21-,22+/m0/s1. The molecule has 0 radical (unpaired) electrons. The van der Waals surface area contributed by atoms with Gasteiger partial charge in [-0.25, -0.2) is 4.79 Å². The number of ether oxygens (including phenoxy) is 1. The van der Waals surface area contributed by atoms with Gasteiger partial charge in [-0.1, -0.05) is 54.6 Å². The molecule has 2 aromatic rings. The fraction of sp³-hybridized carbons (Fsp3) is 0.400. The third kappa shape index (κ3) is 5.73. The van der Waals surface area contributed by atoms with Gasteiger partial charge in [-0.05, 0) is 43.4 Å². The van der Waals surface area contributed by atoms with Crippen LogP contribution in [0.3, 0.4) is 0 Å². The van der Waals surface area contributed by atoms with Gasteiger partial charge in [0.2, 0.25) is 5.91 Å². The Morgan fingerprint density at radius 2 is 1.75 bits per heavy atom. The van der Waals surface area contributed by atoms with Crippen LogP contribution in [0.15, 0.2) is 54.6 Å². The van der Waals surface area contributed by atoms with Crippen molar-refractivity contribution < 1.29 is 24.2 Å². The molecule has 0 aliphatic carbocycles. The van der Waals surface area contributed by atoms with Crippen molar-refractivity contribution in [3.63, 3.8) is 0 Å². The van der Waals surface area contributed by atoms with Crippen LogP contribution in [0.1, 0.15) is 37.0 Å². The lowest BCUT2D eigenvalue weighted by Crippen LogP contribution is -2.56. The molecule has 1 heterocycles. The highest BCUT2D eigenvalue weighted by molar-refractivity contribution is 5.88. The summed E-state index contributed by atoms with van der Waals surface area (Å²) >= 11 is 0. The molecular weight excluding hydrogens is 408 g/mol. The molecule has 170 valence electrons. The van der Waals surface area contributed by atoms with Gasteiger partial charge in [-0.2, -0.15) is 0 Å². The van der Waals surface area contributed by atoms with Gasteiger partial charge in [0.25, 0.3) is 0 Å². The molecule has 2 N–H and O–H groups in total. The highest BCUT2D eigenvalue weighted by Crippen LogP contribution is 2.24. The van der Waals surface area contributed by atoms with Crippen LogP contribution in [0.25, 0.3) is 0 Å². The first-order valence-corrected chi connectivity index (χ1v) is 11.0. The van der Waals surface area contributed by atoms with E-state index in [-0.39, 0.29) is 25.5 Å². The fourth-order valence-corrected chi connectivity index (χ4v) is 4.06. The molecule has 3 atom stereocenters. The summed E-state index contributed by atoms with van der Waals surface area (Å²) in [5.41, 5.74) is 2.97.